The first-order valence-corrected chi connectivity index (χ1v) is 10.6. The van der Waals surface area contributed by atoms with Crippen LogP contribution in [0.5, 0.6) is 0 Å². The van der Waals surface area contributed by atoms with Crippen LogP contribution in [0.25, 0.3) is 0 Å². The quantitative estimate of drug-likeness (QED) is 0.791. The van der Waals surface area contributed by atoms with Crippen LogP contribution in [0.4, 0.5) is 11.8 Å². The zero-order valence-corrected chi connectivity index (χ0v) is 18.0. The van der Waals surface area contributed by atoms with Crippen LogP contribution >= 0.6 is 0 Å². The van der Waals surface area contributed by atoms with E-state index in [1.54, 1.807) is 0 Å². The number of aryl methyl sites for hydroxylation is 3. The maximum Gasteiger partial charge on any atom is 0.227 e. The highest BCUT2D eigenvalue weighted by Crippen LogP contribution is 2.22. The summed E-state index contributed by atoms with van der Waals surface area (Å²) in [5, 5.41) is 6.96. The number of anilines is 2. The van der Waals surface area contributed by atoms with Gasteiger partial charge in [-0.3, -0.25) is 4.79 Å². The number of hydrogen-bond acceptors (Lipinski definition) is 8. The van der Waals surface area contributed by atoms with Gasteiger partial charge in [0.25, 0.3) is 0 Å². The summed E-state index contributed by atoms with van der Waals surface area (Å²) in [7, 11) is 0. The van der Waals surface area contributed by atoms with Crippen molar-refractivity contribution in [1.29, 1.82) is 0 Å². The molecule has 9 nitrogen and oxygen atoms in total. The summed E-state index contributed by atoms with van der Waals surface area (Å²) in [6, 6.07) is 1.99. The topological polar surface area (TPSA) is 96.6 Å². The van der Waals surface area contributed by atoms with E-state index in [0.29, 0.717) is 32.8 Å². The zero-order chi connectivity index (χ0) is 21.1. The molecule has 2 aliphatic heterocycles. The lowest BCUT2D eigenvalue weighted by Gasteiger charge is -2.26. The van der Waals surface area contributed by atoms with Crippen LogP contribution < -0.4 is 15.1 Å². The largest absolute Gasteiger partial charge is 0.379 e. The molecule has 162 valence electrons. The summed E-state index contributed by atoms with van der Waals surface area (Å²) < 4.78 is 10.9. The molecule has 2 aliphatic rings. The van der Waals surface area contributed by atoms with Gasteiger partial charge in [-0.2, -0.15) is 4.98 Å². The van der Waals surface area contributed by atoms with E-state index in [9.17, 15) is 4.79 Å². The third kappa shape index (κ3) is 4.56. The van der Waals surface area contributed by atoms with E-state index in [2.05, 4.69) is 25.3 Å². The van der Waals surface area contributed by atoms with Crippen LogP contribution in [0.3, 0.4) is 0 Å². The Labute approximate surface area is 176 Å². The Morgan fingerprint density at radius 1 is 1.17 bits per heavy atom. The van der Waals surface area contributed by atoms with Gasteiger partial charge in [0.1, 0.15) is 11.6 Å². The minimum absolute atomic E-state index is 0.0348. The fourth-order valence-electron chi connectivity index (χ4n) is 4.01. The van der Waals surface area contributed by atoms with Gasteiger partial charge in [-0.05, 0) is 33.6 Å². The average molecular weight is 415 g/mol. The Bertz CT molecular complexity index is 873. The van der Waals surface area contributed by atoms with Crippen LogP contribution in [0.1, 0.15) is 35.6 Å². The van der Waals surface area contributed by atoms with Gasteiger partial charge in [-0.15, -0.1) is 0 Å². The number of aromatic nitrogens is 3. The molecule has 0 bridgehead atoms. The van der Waals surface area contributed by atoms with Crippen molar-refractivity contribution in [2.45, 2.75) is 40.2 Å². The number of carbonyl (C=O) groups is 1. The lowest BCUT2D eigenvalue weighted by molar-refractivity contribution is -0.126. The van der Waals surface area contributed by atoms with Crippen molar-refractivity contribution >= 4 is 17.7 Å². The monoisotopic (exact) mass is 414 g/mol. The normalized spacial score (nSPS) is 19.8. The first kappa shape index (κ1) is 20.6. The molecule has 30 heavy (non-hydrogen) atoms. The molecule has 4 heterocycles. The molecule has 2 fully saturated rings. The number of nitrogens with one attached hydrogen (secondary N) is 1. The van der Waals surface area contributed by atoms with Crippen LogP contribution in [-0.4, -0.2) is 60.4 Å². The van der Waals surface area contributed by atoms with Gasteiger partial charge in [0.2, 0.25) is 11.9 Å². The first-order valence-electron chi connectivity index (χ1n) is 10.6. The number of hydrogen-bond donors (Lipinski definition) is 1. The van der Waals surface area contributed by atoms with Crippen molar-refractivity contribution in [2.24, 2.45) is 5.92 Å². The molecule has 0 aliphatic carbocycles. The van der Waals surface area contributed by atoms with Crippen LogP contribution in [0.15, 0.2) is 10.6 Å². The highest BCUT2D eigenvalue weighted by molar-refractivity contribution is 5.79. The minimum Gasteiger partial charge on any atom is -0.379 e. The van der Waals surface area contributed by atoms with Gasteiger partial charge in [0.05, 0.1) is 24.8 Å². The van der Waals surface area contributed by atoms with Gasteiger partial charge < -0.3 is 24.4 Å². The fraction of sp³-hybridized carbons (Fsp3) is 0.619. The second-order valence-corrected chi connectivity index (χ2v) is 8.10. The maximum absolute atomic E-state index is 12.9. The van der Waals surface area contributed by atoms with Gasteiger partial charge in [-0.1, -0.05) is 5.16 Å². The van der Waals surface area contributed by atoms with Gasteiger partial charge in [0.15, 0.2) is 0 Å². The summed E-state index contributed by atoms with van der Waals surface area (Å²) in [6.07, 6.45) is 2.36. The van der Waals surface area contributed by atoms with Gasteiger partial charge in [-0.25, -0.2) is 4.98 Å². The fourth-order valence-corrected chi connectivity index (χ4v) is 4.01. The summed E-state index contributed by atoms with van der Waals surface area (Å²) in [5.41, 5.74) is 2.67. The van der Waals surface area contributed by atoms with Crippen molar-refractivity contribution in [3.63, 3.8) is 0 Å². The van der Waals surface area contributed by atoms with E-state index in [0.717, 1.165) is 47.6 Å². The molecule has 0 saturated carbocycles. The molecule has 1 atom stereocenters. The third-order valence-electron chi connectivity index (χ3n) is 5.80. The maximum atomic E-state index is 12.9. The SMILES string of the molecule is Cc1cc(N2CCOCC(C(=O)NCc3c(C)noc3C)C2)nc(N2CCCC2)n1. The van der Waals surface area contributed by atoms with Crippen LogP contribution in [0, 0.1) is 26.7 Å². The first-order chi connectivity index (χ1) is 14.5. The third-order valence-corrected chi connectivity index (χ3v) is 5.80. The number of carbonyl (C=O) groups excluding carboxylic acids is 1. The van der Waals surface area contributed by atoms with E-state index >= 15 is 0 Å². The lowest BCUT2D eigenvalue weighted by atomic mass is 10.1. The van der Waals surface area contributed by atoms with E-state index in [1.165, 1.54) is 12.8 Å². The van der Waals surface area contributed by atoms with Crippen LogP contribution in [0.2, 0.25) is 0 Å². The number of ether oxygens (including phenoxy) is 1. The summed E-state index contributed by atoms with van der Waals surface area (Å²) in [6.45, 7) is 10.3. The van der Waals surface area contributed by atoms with Crippen LogP contribution in [-0.2, 0) is 16.1 Å². The molecule has 1 unspecified atom stereocenters. The summed E-state index contributed by atoms with van der Waals surface area (Å²) in [5.74, 6) is 2.06. The lowest BCUT2D eigenvalue weighted by Crippen LogP contribution is -2.40. The average Bonchev–Trinajstić information content (AvgIpc) is 3.29. The van der Waals surface area contributed by atoms with E-state index in [1.807, 2.05) is 26.8 Å². The van der Waals surface area contributed by atoms with Crippen molar-refractivity contribution in [1.82, 2.24) is 20.4 Å². The number of nitrogens with zero attached hydrogens (tertiary/aromatic N) is 5. The zero-order valence-electron chi connectivity index (χ0n) is 18.0. The Kier molecular flexibility index (Phi) is 6.17. The molecular formula is C21H30N6O3. The predicted octanol–water partition coefficient (Wildman–Crippen LogP) is 1.76. The van der Waals surface area contributed by atoms with E-state index in [4.69, 9.17) is 14.2 Å². The number of rotatable bonds is 5. The Hall–Kier alpha value is -2.68. The van der Waals surface area contributed by atoms with Gasteiger partial charge >= 0.3 is 0 Å². The molecule has 0 spiro atoms. The summed E-state index contributed by atoms with van der Waals surface area (Å²) in [4.78, 5) is 26.7. The van der Waals surface area contributed by atoms with Crippen molar-refractivity contribution in [3.8, 4) is 0 Å². The second kappa shape index (κ2) is 8.99. The molecule has 4 rings (SSSR count). The van der Waals surface area contributed by atoms with Crippen molar-refractivity contribution in [3.05, 3.63) is 28.8 Å². The highest BCUT2D eigenvalue weighted by Gasteiger charge is 2.27. The Morgan fingerprint density at radius 2 is 1.97 bits per heavy atom. The molecular weight excluding hydrogens is 384 g/mol. The molecule has 2 aromatic rings. The highest BCUT2D eigenvalue weighted by atomic mass is 16.5. The molecule has 9 heteroatoms. The second-order valence-electron chi connectivity index (χ2n) is 8.10. The molecule has 2 saturated heterocycles. The van der Waals surface area contributed by atoms with E-state index in [-0.39, 0.29) is 11.8 Å². The van der Waals surface area contributed by atoms with Gasteiger partial charge in [0, 0.05) is 50.0 Å². The standard InChI is InChI=1S/C21H30N6O3/c1-14-10-19(24-21(23-14)26-6-4-5-7-26)27-8-9-29-13-17(12-27)20(28)22-11-18-15(2)25-30-16(18)3/h10,17H,4-9,11-13H2,1-3H3,(H,22,28). The minimum atomic E-state index is -0.279. The molecule has 2 aromatic heterocycles. The number of amides is 1. The predicted molar refractivity (Wildman–Crippen MR) is 113 cm³/mol. The molecule has 0 aromatic carbocycles. The molecule has 1 N–H and O–H groups in total. The Balaban J connectivity index is 1.45. The van der Waals surface area contributed by atoms with Crippen molar-refractivity contribution in [2.75, 3.05) is 49.2 Å². The Morgan fingerprint density at radius 3 is 2.70 bits per heavy atom. The molecule has 1 amide bonds. The van der Waals surface area contributed by atoms with Crippen molar-refractivity contribution < 1.29 is 14.1 Å². The molecule has 0 radical (unpaired) electrons. The van der Waals surface area contributed by atoms with E-state index < -0.39 is 0 Å². The summed E-state index contributed by atoms with van der Waals surface area (Å²) >= 11 is 0. The smallest absolute Gasteiger partial charge is 0.227 e.